The number of ether oxygens (including phenoxy) is 1. The van der Waals surface area contributed by atoms with E-state index >= 15 is 4.39 Å². The van der Waals surface area contributed by atoms with E-state index in [9.17, 15) is 14.4 Å². The lowest BCUT2D eigenvalue weighted by Gasteiger charge is -2.38. The number of carbonyl (C=O) groups excluding carboxylic acids is 3. The molecule has 3 aliphatic rings. The Morgan fingerprint density at radius 1 is 1.18 bits per heavy atom. The maximum atomic E-state index is 15.3. The number of aliphatic imine (C=N–C) groups is 1. The smallest absolute Gasteiger partial charge is 0.310 e. The van der Waals surface area contributed by atoms with E-state index in [-0.39, 0.29) is 30.1 Å². The van der Waals surface area contributed by atoms with Crippen LogP contribution < -0.4 is 0 Å². The average Bonchev–Trinajstić information content (AvgIpc) is 3.30. The minimum atomic E-state index is -0.750. The number of amides is 2. The molecule has 1 aromatic rings. The molecule has 1 fully saturated rings. The Labute approximate surface area is 227 Å². The van der Waals surface area contributed by atoms with Gasteiger partial charge in [-0.25, -0.2) is 9.38 Å². The van der Waals surface area contributed by atoms with E-state index in [2.05, 4.69) is 0 Å². The highest BCUT2D eigenvalue weighted by atomic mass is 32.2. The summed E-state index contributed by atoms with van der Waals surface area (Å²) >= 11 is 1.36. The molecule has 0 radical (unpaired) electrons. The summed E-state index contributed by atoms with van der Waals surface area (Å²) < 4.78 is 20.4. The summed E-state index contributed by atoms with van der Waals surface area (Å²) in [5.74, 6) is -1.35. The third-order valence-corrected chi connectivity index (χ3v) is 8.10. The number of rotatable bonds is 8. The zero-order chi connectivity index (χ0) is 27.4. The number of allylic oxidation sites excluding steroid dienone is 1. The number of benzene rings is 1. The van der Waals surface area contributed by atoms with E-state index in [1.807, 2.05) is 24.2 Å². The van der Waals surface area contributed by atoms with Crippen molar-refractivity contribution in [1.29, 1.82) is 0 Å². The van der Waals surface area contributed by atoms with Crippen LogP contribution in [-0.4, -0.2) is 70.4 Å². The van der Waals surface area contributed by atoms with Crippen molar-refractivity contribution in [2.45, 2.75) is 53.0 Å². The van der Waals surface area contributed by atoms with Crippen LogP contribution in [0.5, 0.6) is 0 Å². The number of hydrogen-bond donors (Lipinski definition) is 0. The van der Waals surface area contributed by atoms with Crippen LogP contribution in [0, 0.1) is 11.7 Å². The number of thioether (sulfide) groups is 1. The molecular weight excluding hydrogens is 507 g/mol. The van der Waals surface area contributed by atoms with Gasteiger partial charge in [-0.1, -0.05) is 30.0 Å². The van der Waals surface area contributed by atoms with E-state index < -0.39 is 11.9 Å². The molecule has 0 saturated carbocycles. The van der Waals surface area contributed by atoms with Crippen molar-refractivity contribution in [3.63, 3.8) is 0 Å². The van der Waals surface area contributed by atoms with Crippen LogP contribution in [0.1, 0.15) is 58.6 Å². The second-order valence-electron chi connectivity index (χ2n) is 9.50. The van der Waals surface area contributed by atoms with Gasteiger partial charge in [0.05, 0.1) is 36.3 Å². The van der Waals surface area contributed by atoms with Gasteiger partial charge >= 0.3 is 5.97 Å². The van der Waals surface area contributed by atoms with E-state index in [1.165, 1.54) is 17.8 Å². The Kier molecular flexibility index (Phi) is 8.91. The number of likely N-dealkylation sites (N-methyl/N-ethyl adjacent to an activating group) is 1. The molecule has 38 heavy (non-hydrogen) atoms. The minimum Gasteiger partial charge on any atom is -0.466 e. The predicted molar refractivity (Wildman–Crippen MR) is 145 cm³/mol. The molecule has 3 heterocycles. The second-order valence-corrected chi connectivity index (χ2v) is 10.3. The fraction of sp³-hybridized carbons (Fsp3) is 0.500. The topological polar surface area (TPSA) is 82.5 Å². The van der Waals surface area contributed by atoms with Crippen molar-refractivity contribution in [3.8, 4) is 0 Å². The van der Waals surface area contributed by atoms with Crippen LogP contribution >= 0.6 is 11.8 Å². The normalized spacial score (nSPS) is 21.1. The lowest BCUT2D eigenvalue weighted by Crippen LogP contribution is -2.44. The molecule has 1 saturated heterocycles. The lowest BCUT2D eigenvalue weighted by molar-refractivity contribution is -0.151. The Morgan fingerprint density at radius 2 is 1.92 bits per heavy atom. The van der Waals surface area contributed by atoms with Gasteiger partial charge in [-0.15, -0.1) is 0 Å². The van der Waals surface area contributed by atoms with Crippen LogP contribution in [0.25, 0.3) is 0 Å². The highest BCUT2D eigenvalue weighted by molar-refractivity contribution is 8.16. The zero-order valence-electron chi connectivity index (χ0n) is 22.4. The van der Waals surface area contributed by atoms with Crippen molar-refractivity contribution < 1.29 is 23.5 Å². The quantitative estimate of drug-likeness (QED) is 0.451. The number of fused-ring (bicyclic) bond motifs is 1. The van der Waals surface area contributed by atoms with Crippen molar-refractivity contribution in [2.75, 3.05) is 32.8 Å². The Bertz CT molecular complexity index is 1190. The highest BCUT2D eigenvalue weighted by Crippen LogP contribution is 2.45. The number of esters is 1. The van der Waals surface area contributed by atoms with Gasteiger partial charge in [-0.2, -0.15) is 0 Å². The molecular formula is C28H35FN4O4S. The van der Waals surface area contributed by atoms with Gasteiger partial charge in [-0.05, 0) is 52.0 Å². The first kappa shape index (κ1) is 27.9. The predicted octanol–water partition coefficient (Wildman–Crippen LogP) is 4.46. The first-order valence-electron chi connectivity index (χ1n) is 13.2. The zero-order valence-corrected chi connectivity index (χ0v) is 23.2. The van der Waals surface area contributed by atoms with Crippen molar-refractivity contribution in [3.05, 3.63) is 58.0 Å². The maximum Gasteiger partial charge on any atom is 0.310 e. The monoisotopic (exact) mass is 542 g/mol. The molecule has 2 atom stereocenters. The van der Waals surface area contributed by atoms with E-state index in [1.54, 1.807) is 41.8 Å². The van der Waals surface area contributed by atoms with Crippen LogP contribution in [0.2, 0.25) is 0 Å². The van der Waals surface area contributed by atoms with Gasteiger partial charge in [0.1, 0.15) is 5.82 Å². The number of amidine groups is 1. The van der Waals surface area contributed by atoms with Crippen molar-refractivity contribution >= 4 is 34.7 Å². The third-order valence-electron chi connectivity index (χ3n) is 7.21. The largest absolute Gasteiger partial charge is 0.466 e. The summed E-state index contributed by atoms with van der Waals surface area (Å²) in [5.41, 5.74) is 1.96. The SMILES string of the molecule is CCOC(=O)[C@@H]1CCCN(C(=O)CC2=CSC3=NC(C)=C(C(=O)N(CC)CC)[C@H](c4ccccc4F)N23)C1. The molecule has 1 aromatic carbocycles. The fourth-order valence-electron chi connectivity index (χ4n) is 5.24. The molecule has 0 bridgehead atoms. The Morgan fingerprint density at radius 3 is 2.61 bits per heavy atom. The van der Waals surface area contributed by atoms with Crippen molar-refractivity contribution in [1.82, 2.24) is 14.7 Å². The van der Waals surface area contributed by atoms with Crippen LogP contribution in [0.4, 0.5) is 4.39 Å². The first-order valence-corrected chi connectivity index (χ1v) is 14.1. The molecule has 204 valence electrons. The lowest BCUT2D eigenvalue weighted by atomic mass is 9.92. The molecule has 0 aromatic heterocycles. The van der Waals surface area contributed by atoms with Gasteiger partial charge in [0, 0.05) is 37.4 Å². The molecule has 0 aliphatic carbocycles. The van der Waals surface area contributed by atoms with Gasteiger partial charge in [0.2, 0.25) is 5.91 Å². The number of piperidine rings is 1. The van der Waals surface area contributed by atoms with E-state index in [0.717, 1.165) is 6.42 Å². The number of nitrogens with zero attached hydrogens (tertiary/aromatic N) is 4. The second kappa shape index (κ2) is 12.1. The summed E-state index contributed by atoms with van der Waals surface area (Å²) in [6.07, 6.45) is 1.47. The molecule has 0 unspecified atom stereocenters. The summed E-state index contributed by atoms with van der Waals surface area (Å²) in [7, 11) is 0. The molecule has 3 aliphatic heterocycles. The van der Waals surface area contributed by atoms with Crippen LogP contribution in [-0.2, 0) is 19.1 Å². The van der Waals surface area contributed by atoms with E-state index in [4.69, 9.17) is 9.73 Å². The fourth-order valence-corrected chi connectivity index (χ4v) is 6.20. The molecule has 4 rings (SSSR count). The maximum absolute atomic E-state index is 15.3. The van der Waals surface area contributed by atoms with Crippen LogP contribution in [0.3, 0.4) is 0 Å². The molecule has 10 heteroatoms. The Hall–Kier alpha value is -3.14. The van der Waals surface area contributed by atoms with Gasteiger partial charge in [0.15, 0.2) is 5.17 Å². The minimum absolute atomic E-state index is 0.0539. The number of hydrogen-bond acceptors (Lipinski definition) is 7. The third kappa shape index (κ3) is 5.50. The first-order chi connectivity index (χ1) is 18.3. The average molecular weight is 543 g/mol. The molecule has 0 spiro atoms. The summed E-state index contributed by atoms with van der Waals surface area (Å²) in [6.45, 7) is 9.59. The molecule has 0 N–H and O–H groups in total. The number of halogens is 1. The number of likely N-dealkylation sites (tertiary alicyclic amines) is 1. The van der Waals surface area contributed by atoms with Gasteiger partial charge in [-0.3, -0.25) is 14.4 Å². The van der Waals surface area contributed by atoms with Crippen LogP contribution in [0.15, 0.2) is 51.6 Å². The Balaban J connectivity index is 1.64. The summed E-state index contributed by atoms with van der Waals surface area (Å²) in [6, 6.07) is 5.69. The standard InChI is InChI=1S/C28H35FN4O4S/c1-5-31(6-2)26(35)24-18(4)30-28-33(25(24)21-12-8-9-13-22(21)29)20(17-38-28)15-23(34)32-14-10-11-19(16-32)27(36)37-7-3/h8-9,12-13,17,19,25H,5-7,10-11,14-16H2,1-4H3/t19-,25+/m1/s1. The molecule has 8 nitrogen and oxygen atoms in total. The van der Waals surface area contributed by atoms with Gasteiger partial charge < -0.3 is 19.4 Å². The summed E-state index contributed by atoms with van der Waals surface area (Å²) in [4.78, 5) is 49.4. The van der Waals surface area contributed by atoms with Gasteiger partial charge in [0.25, 0.3) is 5.91 Å². The van der Waals surface area contributed by atoms with Crippen molar-refractivity contribution in [2.24, 2.45) is 10.9 Å². The number of carbonyl (C=O) groups is 3. The highest BCUT2D eigenvalue weighted by Gasteiger charge is 2.43. The van der Waals surface area contributed by atoms with E-state index in [0.29, 0.717) is 66.9 Å². The molecule has 2 amide bonds. The summed E-state index contributed by atoms with van der Waals surface area (Å²) in [5, 5.41) is 2.47.